The summed E-state index contributed by atoms with van der Waals surface area (Å²) < 4.78 is 1.33. The number of benzene rings is 1. The largest absolute Gasteiger partial charge is 0.480 e. The molecule has 26 heavy (non-hydrogen) atoms. The first-order valence-electron chi connectivity index (χ1n) is 8.70. The third kappa shape index (κ3) is 3.05. The number of aryl methyl sites for hydroxylation is 1. The number of carboxylic acids is 1. The molecule has 0 radical (unpaired) electrons. The highest BCUT2D eigenvalue weighted by molar-refractivity contribution is 7.17. The second kappa shape index (κ2) is 7.03. The fraction of sp³-hybridized carbons (Fsp3) is 0.350. The van der Waals surface area contributed by atoms with Gasteiger partial charge in [-0.15, -0.1) is 11.3 Å². The standard InChI is InChI=1S/C20H22N2O3S/c1-5-13-6-8-14(9-7-13)15-10-26-18-16(15)19(23)22(12(4)20(24)25)17(21-18)11(2)3/h6-12H,5H2,1-4H3,(H,24,25). The minimum Gasteiger partial charge on any atom is -0.480 e. The van der Waals surface area contributed by atoms with Crippen LogP contribution in [-0.4, -0.2) is 20.6 Å². The number of thiophene rings is 1. The Morgan fingerprint density at radius 3 is 2.42 bits per heavy atom. The molecule has 1 N–H and O–H groups in total. The molecule has 2 aromatic heterocycles. The molecule has 1 unspecified atom stereocenters. The van der Waals surface area contributed by atoms with Crippen molar-refractivity contribution in [1.29, 1.82) is 0 Å². The minimum atomic E-state index is -1.04. The summed E-state index contributed by atoms with van der Waals surface area (Å²) in [6.45, 7) is 7.44. The van der Waals surface area contributed by atoms with Gasteiger partial charge in [-0.25, -0.2) is 9.78 Å². The number of hydrogen-bond donors (Lipinski definition) is 1. The molecular weight excluding hydrogens is 348 g/mol. The Kier molecular flexibility index (Phi) is 4.96. The highest BCUT2D eigenvalue weighted by Gasteiger charge is 2.24. The maximum Gasteiger partial charge on any atom is 0.326 e. The van der Waals surface area contributed by atoms with Crippen LogP contribution in [0, 0.1) is 0 Å². The van der Waals surface area contributed by atoms with Crippen LogP contribution in [0.2, 0.25) is 0 Å². The second-order valence-electron chi connectivity index (χ2n) is 6.69. The number of carboxylic acid groups (broad SMARTS) is 1. The summed E-state index contributed by atoms with van der Waals surface area (Å²) in [4.78, 5) is 30.1. The summed E-state index contributed by atoms with van der Waals surface area (Å²) >= 11 is 1.42. The van der Waals surface area contributed by atoms with Crippen molar-refractivity contribution < 1.29 is 9.90 Å². The van der Waals surface area contributed by atoms with Crippen molar-refractivity contribution in [2.75, 3.05) is 0 Å². The normalized spacial score (nSPS) is 12.7. The molecule has 5 nitrogen and oxygen atoms in total. The molecule has 0 saturated heterocycles. The molecule has 0 aliphatic carbocycles. The van der Waals surface area contributed by atoms with Crippen molar-refractivity contribution >= 4 is 27.5 Å². The van der Waals surface area contributed by atoms with E-state index in [1.54, 1.807) is 0 Å². The van der Waals surface area contributed by atoms with Crippen molar-refractivity contribution in [1.82, 2.24) is 9.55 Å². The summed E-state index contributed by atoms with van der Waals surface area (Å²) in [6.07, 6.45) is 0.951. The molecule has 0 saturated carbocycles. The summed E-state index contributed by atoms with van der Waals surface area (Å²) in [7, 11) is 0. The maximum absolute atomic E-state index is 13.2. The van der Waals surface area contributed by atoms with E-state index in [4.69, 9.17) is 0 Å². The Morgan fingerprint density at radius 1 is 1.23 bits per heavy atom. The van der Waals surface area contributed by atoms with E-state index in [0.29, 0.717) is 16.0 Å². The molecular formula is C20H22N2O3S. The molecule has 0 aliphatic rings. The molecule has 0 fully saturated rings. The van der Waals surface area contributed by atoms with Gasteiger partial charge in [-0.3, -0.25) is 9.36 Å². The van der Waals surface area contributed by atoms with Crippen LogP contribution in [0.25, 0.3) is 21.3 Å². The van der Waals surface area contributed by atoms with E-state index in [9.17, 15) is 14.7 Å². The zero-order chi connectivity index (χ0) is 19.0. The van der Waals surface area contributed by atoms with Crippen LogP contribution in [0.5, 0.6) is 0 Å². The van der Waals surface area contributed by atoms with E-state index in [-0.39, 0.29) is 11.5 Å². The zero-order valence-corrected chi connectivity index (χ0v) is 16.1. The van der Waals surface area contributed by atoms with E-state index < -0.39 is 12.0 Å². The van der Waals surface area contributed by atoms with Gasteiger partial charge in [-0.1, -0.05) is 45.0 Å². The van der Waals surface area contributed by atoms with Crippen LogP contribution in [0.1, 0.15) is 51.0 Å². The van der Waals surface area contributed by atoms with E-state index in [1.165, 1.54) is 28.4 Å². The lowest BCUT2D eigenvalue weighted by molar-refractivity contribution is -0.140. The van der Waals surface area contributed by atoms with Crippen molar-refractivity contribution in [3.05, 3.63) is 51.4 Å². The van der Waals surface area contributed by atoms with Crippen LogP contribution in [0.15, 0.2) is 34.4 Å². The fourth-order valence-corrected chi connectivity index (χ4v) is 3.99. The monoisotopic (exact) mass is 370 g/mol. The predicted molar refractivity (Wildman–Crippen MR) is 105 cm³/mol. The summed E-state index contributed by atoms with van der Waals surface area (Å²) in [5, 5.41) is 11.9. The number of fused-ring (bicyclic) bond motifs is 1. The Labute approximate surface area is 155 Å². The van der Waals surface area contributed by atoms with Gasteiger partial charge >= 0.3 is 5.97 Å². The molecule has 1 atom stereocenters. The second-order valence-corrected chi connectivity index (χ2v) is 7.55. The lowest BCUT2D eigenvalue weighted by atomic mass is 10.0. The van der Waals surface area contributed by atoms with Gasteiger partial charge in [0.05, 0.1) is 5.39 Å². The molecule has 0 bridgehead atoms. The minimum absolute atomic E-state index is 0.0525. The Balaban J connectivity index is 2.30. The van der Waals surface area contributed by atoms with Crippen LogP contribution in [0.4, 0.5) is 0 Å². The van der Waals surface area contributed by atoms with Crippen molar-refractivity contribution in [3.8, 4) is 11.1 Å². The van der Waals surface area contributed by atoms with E-state index in [0.717, 1.165) is 17.5 Å². The molecule has 136 valence electrons. The van der Waals surface area contributed by atoms with Crippen molar-refractivity contribution in [2.24, 2.45) is 0 Å². The molecule has 0 spiro atoms. The number of nitrogens with zero attached hydrogens (tertiary/aromatic N) is 2. The fourth-order valence-electron chi connectivity index (χ4n) is 3.04. The van der Waals surface area contributed by atoms with Gasteiger partial charge in [0, 0.05) is 16.9 Å². The van der Waals surface area contributed by atoms with Crippen molar-refractivity contribution in [2.45, 2.75) is 46.1 Å². The number of rotatable bonds is 5. The van der Waals surface area contributed by atoms with Gasteiger partial charge < -0.3 is 5.11 Å². The molecule has 1 aromatic carbocycles. The molecule has 2 heterocycles. The Bertz CT molecular complexity index is 1020. The van der Waals surface area contributed by atoms with Gasteiger partial charge in [0.15, 0.2) is 0 Å². The van der Waals surface area contributed by atoms with Crippen LogP contribution >= 0.6 is 11.3 Å². The SMILES string of the molecule is CCc1ccc(-c2csc3nc(C(C)C)n(C(C)C(=O)O)c(=O)c23)cc1. The number of hydrogen-bond acceptors (Lipinski definition) is 4. The predicted octanol–water partition coefficient (Wildman–Crippen LogP) is 4.46. The molecule has 6 heteroatoms. The lowest BCUT2D eigenvalue weighted by Gasteiger charge is -2.18. The Hall–Kier alpha value is -2.47. The number of aliphatic carboxylic acids is 1. The quantitative estimate of drug-likeness (QED) is 0.720. The average molecular weight is 370 g/mol. The number of carbonyl (C=O) groups is 1. The van der Waals surface area contributed by atoms with Gasteiger partial charge in [0.2, 0.25) is 0 Å². The smallest absolute Gasteiger partial charge is 0.326 e. The number of aromatic nitrogens is 2. The van der Waals surface area contributed by atoms with Crippen LogP contribution < -0.4 is 5.56 Å². The van der Waals surface area contributed by atoms with Crippen LogP contribution in [0.3, 0.4) is 0 Å². The van der Waals surface area contributed by atoms with Gasteiger partial charge in [-0.05, 0) is 24.5 Å². The van der Waals surface area contributed by atoms with Crippen molar-refractivity contribution in [3.63, 3.8) is 0 Å². The average Bonchev–Trinajstić information content (AvgIpc) is 3.05. The van der Waals surface area contributed by atoms with Gasteiger partial charge in [0.25, 0.3) is 5.56 Å². The summed E-state index contributed by atoms with van der Waals surface area (Å²) in [6, 6.07) is 7.13. The topological polar surface area (TPSA) is 72.2 Å². The molecule has 3 rings (SSSR count). The van der Waals surface area contributed by atoms with E-state index >= 15 is 0 Å². The molecule has 0 amide bonds. The summed E-state index contributed by atoms with van der Waals surface area (Å²) in [5.74, 6) is -0.588. The van der Waals surface area contributed by atoms with Gasteiger partial charge in [-0.2, -0.15) is 0 Å². The third-order valence-corrected chi connectivity index (χ3v) is 5.47. The molecule has 3 aromatic rings. The third-order valence-electron chi connectivity index (χ3n) is 4.60. The van der Waals surface area contributed by atoms with E-state index in [2.05, 4.69) is 11.9 Å². The highest BCUT2D eigenvalue weighted by Crippen LogP contribution is 2.32. The van der Waals surface area contributed by atoms with E-state index in [1.807, 2.05) is 43.5 Å². The first-order valence-corrected chi connectivity index (χ1v) is 9.58. The molecule has 0 aliphatic heterocycles. The lowest BCUT2D eigenvalue weighted by Crippen LogP contribution is -2.32. The highest BCUT2D eigenvalue weighted by atomic mass is 32.1. The van der Waals surface area contributed by atoms with Crippen LogP contribution in [-0.2, 0) is 11.2 Å². The maximum atomic E-state index is 13.2. The summed E-state index contributed by atoms with van der Waals surface area (Å²) in [5.41, 5.74) is 2.70. The zero-order valence-electron chi connectivity index (χ0n) is 15.3. The first kappa shape index (κ1) is 18.3. The Morgan fingerprint density at radius 2 is 1.88 bits per heavy atom. The van der Waals surface area contributed by atoms with Gasteiger partial charge in [0.1, 0.15) is 16.7 Å². The first-order chi connectivity index (χ1) is 12.3.